The van der Waals surface area contributed by atoms with Crippen molar-refractivity contribution in [2.75, 3.05) is 10.6 Å². The third-order valence-corrected chi connectivity index (χ3v) is 3.67. The van der Waals surface area contributed by atoms with Crippen LogP contribution in [-0.2, 0) is 0 Å². The van der Waals surface area contributed by atoms with E-state index in [2.05, 4.69) is 15.6 Å². The zero-order chi connectivity index (χ0) is 15.4. The Kier molecular flexibility index (Phi) is 4.70. The number of thiazole rings is 1. The number of nitrogens with zero attached hydrogens (tertiary/aromatic N) is 1. The van der Waals surface area contributed by atoms with E-state index < -0.39 is 0 Å². The Balaban J connectivity index is 2.10. The number of carbonyl (C=O) groups is 2. The largest absolute Gasteiger partial charge is 0.383 e. The lowest BCUT2D eigenvalue weighted by Gasteiger charge is -2.10. The molecule has 21 heavy (non-hydrogen) atoms. The van der Waals surface area contributed by atoms with Gasteiger partial charge in [0.2, 0.25) is 0 Å². The first kappa shape index (κ1) is 15.2. The van der Waals surface area contributed by atoms with Gasteiger partial charge in [0.1, 0.15) is 0 Å². The fourth-order valence-corrected chi connectivity index (χ4v) is 2.45. The van der Waals surface area contributed by atoms with Gasteiger partial charge in [-0.3, -0.25) is 14.9 Å². The fraction of sp³-hybridized carbons (Fsp3) is 0.267. The van der Waals surface area contributed by atoms with Gasteiger partial charge in [0.25, 0.3) is 5.91 Å². The first-order valence-electron chi connectivity index (χ1n) is 6.60. The Hall–Kier alpha value is -2.21. The van der Waals surface area contributed by atoms with Crippen molar-refractivity contribution in [2.45, 2.75) is 26.8 Å². The highest BCUT2D eigenvalue weighted by atomic mass is 32.1. The molecule has 0 aliphatic rings. The molecule has 110 valence electrons. The molecule has 1 aromatic carbocycles. The summed E-state index contributed by atoms with van der Waals surface area (Å²) >= 11 is 1.17. The molecule has 0 radical (unpaired) electrons. The lowest BCUT2D eigenvalue weighted by Crippen LogP contribution is -2.13. The van der Waals surface area contributed by atoms with Crippen molar-refractivity contribution in [3.8, 4) is 0 Å². The number of Topliss-reactive ketones (excluding diaryl/α,β-unsaturated/α-hetero) is 1. The van der Waals surface area contributed by atoms with E-state index >= 15 is 0 Å². The summed E-state index contributed by atoms with van der Waals surface area (Å²) in [5.74, 6) is -0.303. The van der Waals surface area contributed by atoms with Crippen LogP contribution in [0.15, 0.2) is 30.5 Å². The van der Waals surface area contributed by atoms with Crippen LogP contribution >= 0.6 is 11.3 Å². The maximum Gasteiger partial charge on any atom is 0.257 e. The molecule has 0 aliphatic carbocycles. The van der Waals surface area contributed by atoms with E-state index in [1.165, 1.54) is 24.5 Å². The van der Waals surface area contributed by atoms with Crippen LogP contribution in [0.1, 0.15) is 40.8 Å². The quantitative estimate of drug-likeness (QED) is 0.830. The Morgan fingerprint density at radius 3 is 2.67 bits per heavy atom. The van der Waals surface area contributed by atoms with Crippen molar-refractivity contribution in [3.63, 3.8) is 0 Å². The van der Waals surface area contributed by atoms with Gasteiger partial charge in [-0.05, 0) is 32.0 Å². The van der Waals surface area contributed by atoms with Gasteiger partial charge in [0.15, 0.2) is 10.9 Å². The first-order valence-corrected chi connectivity index (χ1v) is 7.42. The van der Waals surface area contributed by atoms with Crippen LogP contribution in [0.2, 0.25) is 0 Å². The molecule has 2 aromatic rings. The van der Waals surface area contributed by atoms with Gasteiger partial charge in [0.05, 0.1) is 11.1 Å². The lowest BCUT2D eigenvalue weighted by atomic mass is 10.2. The van der Waals surface area contributed by atoms with Crippen LogP contribution in [0, 0.1) is 0 Å². The number of aromatic nitrogens is 1. The van der Waals surface area contributed by atoms with Crippen LogP contribution in [0.5, 0.6) is 0 Å². The lowest BCUT2D eigenvalue weighted by molar-refractivity contribution is 0.101. The molecule has 0 spiro atoms. The predicted molar refractivity (Wildman–Crippen MR) is 85.3 cm³/mol. The van der Waals surface area contributed by atoms with E-state index in [0.29, 0.717) is 21.6 Å². The second-order valence-electron chi connectivity index (χ2n) is 4.92. The van der Waals surface area contributed by atoms with Gasteiger partial charge in [-0.2, -0.15) is 0 Å². The molecule has 0 aliphatic heterocycles. The van der Waals surface area contributed by atoms with Crippen LogP contribution in [-0.4, -0.2) is 22.7 Å². The van der Waals surface area contributed by atoms with E-state index in [0.717, 1.165) is 5.69 Å². The minimum Gasteiger partial charge on any atom is -0.383 e. The molecule has 0 unspecified atom stereocenters. The molecule has 2 N–H and O–H groups in total. The molecule has 1 amide bonds. The molecule has 0 saturated heterocycles. The van der Waals surface area contributed by atoms with Gasteiger partial charge in [-0.25, -0.2) is 4.98 Å². The molecule has 5 nitrogen and oxygen atoms in total. The van der Waals surface area contributed by atoms with Gasteiger partial charge < -0.3 is 5.32 Å². The van der Waals surface area contributed by atoms with Gasteiger partial charge in [-0.1, -0.05) is 17.4 Å². The number of hydrogen-bond donors (Lipinski definition) is 2. The Labute approximate surface area is 127 Å². The maximum absolute atomic E-state index is 12.2. The molecule has 1 aromatic heterocycles. The minimum atomic E-state index is -0.244. The van der Waals surface area contributed by atoms with E-state index in [9.17, 15) is 9.59 Å². The van der Waals surface area contributed by atoms with Gasteiger partial charge >= 0.3 is 0 Å². The van der Waals surface area contributed by atoms with E-state index in [-0.39, 0.29) is 11.7 Å². The third-order valence-electron chi connectivity index (χ3n) is 2.65. The average Bonchev–Trinajstić information content (AvgIpc) is 2.87. The van der Waals surface area contributed by atoms with Gasteiger partial charge in [-0.15, -0.1) is 0 Å². The van der Waals surface area contributed by atoms with Crippen LogP contribution < -0.4 is 10.6 Å². The normalized spacial score (nSPS) is 10.5. The number of hydrogen-bond acceptors (Lipinski definition) is 5. The Bertz CT molecular complexity index is 664. The fourth-order valence-electron chi connectivity index (χ4n) is 1.75. The van der Waals surface area contributed by atoms with Crippen molar-refractivity contribution in [2.24, 2.45) is 0 Å². The minimum absolute atomic E-state index is 0.0591. The summed E-state index contributed by atoms with van der Waals surface area (Å²) in [6.07, 6.45) is 1.47. The molecular weight excluding hydrogens is 286 g/mol. The second kappa shape index (κ2) is 6.49. The highest BCUT2D eigenvalue weighted by molar-refractivity contribution is 7.17. The maximum atomic E-state index is 12.2. The van der Waals surface area contributed by atoms with Crippen molar-refractivity contribution >= 4 is 33.8 Å². The number of carbonyl (C=O) groups excluding carboxylic acids is 2. The highest BCUT2D eigenvalue weighted by Crippen LogP contribution is 2.20. The molecule has 0 bridgehead atoms. The number of benzene rings is 1. The molecule has 6 heteroatoms. The molecule has 1 heterocycles. The zero-order valence-corrected chi connectivity index (χ0v) is 13.0. The number of nitrogens with one attached hydrogen (secondary N) is 2. The summed E-state index contributed by atoms with van der Waals surface area (Å²) in [6, 6.07) is 7.55. The van der Waals surface area contributed by atoms with E-state index in [1.54, 1.807) is 12.1 Å². The molecule has 0 fully saturated rings. The Morgan fingerprint density at radius 1 is 1.29 bits per heavy atom. The SMILES string of the molecule is CC(=O)c1cnc(NC(=O)c2cccc(NC(C)C)c2)s1. The predicted octanol–water partition coefficient (Wildman–Crippen LogP) is 3.42. The summed E-state index contributed by atoms with van der Waals surface area (Å²) in [6.45, 7) is 5.54. The molecule has 2 rings (SSSR count). The monoisotopic (exact) mass is 303 g/mol. The summed E-state index contributed by atoms with van der Waals surface area (Å²) in [4.78, 5) is 27.9. The van der Waals surface area contributed by atoms with E-state index in [4.69, 9.17) is 0 Å². The molecule has 0 atom stereocenters. The topological polar surface area (TPSA) is 71.1 Å². The second-order valence-corrected chi connectivity index (χ2v) is 5.95. The highest BCUT2D eigenvalue weighted by Gasteiger charge is 2.11. The van der Waals surface area contributed by atoms with Crippen molar-refractivity contribution in [1.29, 1.82) is 0 Å². The van der Waals surface area contributed by atoms with Crippen molar-refractivity contribution in [3.05, 3.63) is 40.9 Å². The summed E-state index contributed by atoms with van der Waals surface area (Å²) in [5.41, 5.74) is 1.43. The van der Waals surface area contributed by atoms with Crippen LogP contribution in [0.25, 0.3) is 0 Å². The first-order chi connectivity index (χ1) is 9.95. The molecular formula is C15H17N3O2S. The molecule has 0 saturated carbocycles. The standard InChI is InChI=1S/C15H17N3O2S/c1-9(2)17-12-6-4-5-11(7-12)14(20)18-15-16-8-13(21-15)10(3)19/h4-9,17H,1-3H3,(H,16,18,20). The summed E-state index contributed by atoms with van der Waals surface area (Å²) in [7, 11) is 0. The third kappa shape index (κ3) is 4.13. The van der Waals surface area contributed by atoms with Crippen LogP contribution in [0.4, 0.5) is 10.8 Å². The number of amides is 1. The number of rotatable bonds is 5. The zero-order valence-electron chi connectivity index (χ0n) is 12.1. The Morgan fingerprint density at radius 2 is 2.05 bits per heavy atom. The van der Waals surface area contributed by atoms with Crippen molar-refractivity contribution in [1.82, 2.24) is 4.98 Å². The van der Waals surface area contributed by atoms with E-state index in [1.807, 2.05) is 26.0 Å². The summed E-state index contributed by atoms with van der Waals surface area (Å²) in [5, 5.41) is 6.37. The summed E-state index contributed by atoms with van der Waals surface area (Å²) < 4.78 is 0. The van der Waals surface area contributed by atoms with Crippen molar-refractivity contribution < 1.29 is 9.59 Å². The van der Waals surface area contributed by atoms with Crippen LogP contribution in [0.3, 0.4) is 0 Å². The smallest absolute Gasteiger partial charge is 0.257 e. The number of anilines is 2. The van der Waals surface area contributed by atoms with Gasteiger partial charge in [0, 0.05) is 24.2 Å². The number of ketones is 1. The average molecular weight is 303 g/mol.